The van der Waals surface area contributed by atoms with Gasteiger partial charge < -0.3 is 9.84 Å². The Bertz CT molecular complexity index is 182. The predicted molar refractivity (Wildman–Crippen MR) is 58.6 cm³/mol. The van der Waals surface area contributed by atoms with Crippen molar-refractivity contribution in [2.24, 2.45) is 11.8 Å². The first-order chi connectivity index (χ1) is 6.74. The Hall–Kier alpha value is -0.0500. The maximum absolute atomic E-state index is 9.18. The molecule has 0 bridgehead atoms. The van der Waals surface area contributed by atoms with Crippen LogP contribution in [0.3, 0.4) is 0 Å². The zero-order valence-corrected chi connectivity index (χ0v) is 9.41. The standard InChI is InChI=1S/C11H19ClO2/c1-9-4-2-3-5-10(9)7-14-8-11(13)6-12/h2-3,9-11,13H,4-8H2,1H3. The SMILES string of the molecule is CC1CC=CCC1COCC(O)CCl. The summed E-state index contributed by atoms with van der Waals surface area (Å²) in [7, 11) is 0. The molecule has 0 aromatic carbocycles. The summed E-state index contributed by atoms with van der Waals surface area (Å²) in [6.07, 6.45) is 6.16. The van der Waals surface area contributed by atoms with Crippen LogP contribution in [0, 0.1) is 11.8 Å². The first kappa shape index (κ1) is 12.0. The lowest BCUT2D eigenvalue weighted by atomic mass is 9.85. The molecule has 3 atom stereocenters. The Morgan fingerprint density at radius 3 is 2.86 bits per heavy atom. The largest absolute Gasteiger partial charge is 0.389 e. The van der Waals surface area contributed by atoms with Gasteiger partial charge >= 0.3 is 0 Å². The molecule has 1 aliphatic rings. The molecule has 1 N–H and O–H groups in total. The molecule has 1 aliphatic carbocycles. The summed E-state index contributed by atoms with van der Waals surface area (Å²) in [5, 5.41) is 9.18. The van der Waals surface area contributed by atoms with Crippen molar-refractivity contribution in [2.75, 3.05) is 19.1 Å². The molecule has 0 aromatic rings. The highest BCUT2D eigenvalue weighted by atomic mass is 35.5. The zero-order chi connectivity index (χ0) is 10.4. The number of hydrogen-bond donors (Lipinski definition) is 1. The van der Waals surface area contributed by atoms with Gasteiger partial charge in [0.15, 0.2) is 0 Å². The third-order valence-corrected chi connectivity index (χ3v) is 3.09. The van der Waals surface area contributed by atoms with E-state index < -0.39 is 6.10 Å². The van der Waals surface area contributed by atoms with E-state index in [9.17, 15) is 5.11 Å². The number of hydrogen-bond acceptors (Lipinski definition) is 2. The number of alkyl halides is 1. The molecule has 2 nitrogen and oxygen atoms in total. The summed E-state index contributed by atoms with van der Waals surface area (Å²) in [5.74, 6) is 1.54. The zero-order valence-electron chi connectivity index (χ0n) is 8.66. The molecule has 0 fully saturated rings. The van der Waals surface area contributed by atoms with Gasteiger partial charge in [-0.15, -0.1) is 11.6 Å². The van der Waals surface area contributed by atoms with Crippen LogP contribution >= 0.6 is 11.6 Å². The van der Waals surface area contributed by atoms with E-state index in [2.05, 4.69) is 19.1 Å². The van der Waals surface area contributed by atoms with Crippen molar-refractivity contribution < 1.29 is 9.84 Å². The van der Waals surface area contributed by atoms with Gasteiger partial charge in [0.25, 0.3) is 0 Å². The minimum atomic E-state index is -0.522. The van der Waals surface area contributed by atoms with Crippen LogP contribution in [0.1, 0.15) is 19.8 Å². The second kappa shape index (κ2) is 6.44. The van der Waals surface area contributed by atoms with Crippen molar-refractivity contribution in [1.29, 1.82) is 0 Å². The molecule has 3 heteroatoms. The van der Waals surface area contributed by atoms with E-state index >= 15 is 0 Å². The van der Waals surface area contributed by atoms with Crippen LogP contribution in [-0.4, -0.2) is 30.3 Å². The topological polar surface area (TPSA) is 29.5 Å². The maximum atomic E-state index is 9.18. The van der Waals surface area contributed by atoms with E-state index in [1.54, 1.807) is 0 Å². The molecule has 0 aromatic heterocycles. The van der Waals surface area contributed by atoms with Gasteiger partial charge in [0.1, 0.15) is 0 Å². The molecule has 0 spiro atoms. The van der Waals surface area contributed by atoms with E-state index in [1.165, 1.54) is 0 Å². The van der Waals surface area contributed by atoms with E-state index in [0.29, 0.717) is 18.4 Å². The quantitative estimate of drug-likeness (QED) is 0.567. The van der Waals surface area contributed by atoms with Crippen molar-refractivity contribution in [2.45, 2.75) is 25.9 Å². The molecular formula is C11H19ClO2. The van der Waals surface area contributed by atoms with Crippen molar-refractivity contribution in [3.8, 4) is 0 Å². The molecule has 14 heavy (non-hydrogen) atoms. The van der Waals surface area contributed by atoms with Crippen LogP contribution in [-0.2, 0) is 4.74 Å². The number of ether oxygens (including phenoxy) is 1. The summed E-state index contributed by atoms with van der Waals surface area (Å²) in [6, 6.07) is 0. The monoisotopic (exact) mass is 218 g/mol. The van der Waals surface area contributed by atoms with Crippen LogP contribution in [0.15, 0.2) is 12.2 Å². The van der Waals surface area contributed by atoms with Crippen LogP contribution in [0.4, 0.5) is 0 Å². The average molecular weight is 219 g/mol. The highest BCUT2D eigenvalue weighted by molar-refractivity contribution is 6.18. The first-order valence-corrected chi connectivity index (χ1v) is 5.74. The number of allylic oxidation sites excluding steroid dienone is 2. The van der Waals surface area contributed by atoms with E-state index in [1.807, 2.05) is 0 Å². The van der Waals surface area contributed by atoms with Crippen LogP contribution in [0.5, 0.6) is 0 Å². The number of halogens is 1. The van der Waals surface area contributed by atoms with Gasteiger partial charge in [0, 0.05) is 0 Å². The smallest absolute Gasteiger partial charge is 0.0908 e. The van der Waals surface area contributed by atoms with E-state index in [0.717, 1.165) is 19.4 Å². The summed E-state index contributed by atoms with van der Waals surface area (Å²) in [6.45, 7) is 3.34. The lowest BCUT2D eigenvalue weighted by Gasteiger charge is -2.25. The van der Waals surface area contributed by atoms with Crippen LogP contribution in [0.25, 0.3) is 0 Å². The second-order valence-electron chi connectivity index (χ2n) is 4.03. The van der Waals surface area contributed by atoms with Crippen molar-refractivity contribution >= 4 is 11.6 Å². The predicted octanol–water partition coefficient (Wildman–Crippen LogP) is 2.21. The van der Waals surface area contributed by atoms with Gasteiger partial charge in [0.2, 0.25) is 0 Å². The summed E-state index contributed by atoms with van der Waals surface area (Å²) in [5.41, 5.74) is 0. The fourth-order valence-electron chi connectivity index (χ4n) is 1.64. The summed E-state index contributed by atoms with van der Waals surface area (Å²) < 4.78 is 5.43. The summed E-state index contributed by atoms with van der Waals surface area (Å²) in [4.78, 5) is 0. The Morgan fingerprint density at radius 1 is 1.50 bits per heavy atom. The molecule has 0 amide bonds. The molecule has 0 heterocycles. The van der Waals surface area contributed by atoms with Gasteiger partial charge in [-0.3, -0.25) is 0 Å². The molecule has 0 radical (unpaired) electrons. The van der Waals surface area contributed by atoms with Crippen LogP contribution in [0.2, 0.25) is 0 Å². The molecule has 3 unspecified atom stereocenters. The Balaban J connectivity index is 2.14. The highest BCUT2D eigenvalue weighted by Crippen LogP contribution is 2.24. The summed E-state index contributed by atoms with van der Waals surface area (Å²) >= 11 is 5.46. The minimum absolute atomic E-state index is 0.250. The second-order valence-corrected chi connectivity index (χ2v) is 4.33. The Labute approximate surface area is 90.9 Å². The first-order valence-electron chi connectivity index (χ1n) is 5.20. The van der Waals surface area contributed by atoms with Gasteiger partial charge in [0.05, 0.1) is 25.2 Å². The number of aliphatic hydroxyl groups excluding tert-OH is 1. The molecular weight excluding hydrogens is 200 g/mol. The fraction of sp³-hybridized carbons (Fsp3) is 0.818. The fourth-order valence-corrected chi connectivity index (χ4v) is 1.73. The maximum Gasteiger partial charge on any atom is 0.0908 e. The third-order valence-electron chi connectivity index (χ3n) is 2.74. The molecule has 0 saturated heterocycles. The average Bonchev–Trinajstić information content (AvgIpc) is 2.20. The molecule has 0 saturated carbocycles. The Kier molecular flexibility index (Phi) is 5.53. The van der Waals surface area contributed by atoms with Crippen molar-refractivity contribution in [3.05, 3.63) is 12.2 Å². The lowest BCUT2D eigenvalue weighted by molar-refractivity contribution is 0.0210. The molecule has 82 valence electrons. The van der Waals surface area contributed by atoms with Gasteiger partial charge in [-0.05, 0) is 24.7 Å². The van der Waals surface area contributed by atoms with Gasteiger partial charge in [-0.25, -0.2) is 0 Å². The lowest BCUT2D eigenvalue weighted by Crippen LogP contribution is -2.23. The normalized spacial score (nSPS) is 29.1. The molecule has 0 aliphatic heterocycles. The minimum Gasteiger partial charge on any atom is -0.389 e. The van der Waals surface area contributed by atoms with Crippen molar-refractivity contribution in [1.82, 2.24) is 0 Å². The third kappa shape index (κ3) is 3.99. The van der Waals surface area contributed by atoms with Crippen LogP contribution < -0.4 is 0 Å². The van der Waals surface area contributed by atoms with Gasteiger partial charge in [-0.1, -0.05) is 19.1 Å². The van der Waals surface area contributed by atoms with Gasteiger partial charge in [-0.2, -0.15) is 0 Å². The number of aliphatic hydroxyl groups is 1. The van der Waals surface area contributed by atoms with Crippen molar-refractivity contribution in [3.63, 3.8) is 0 Å². The molecule has 1 rings (SSSR count). The highest BCUT2D eigenvalue weighted by Gasteiger charge is 2.18. The number of rotatable bonds is 5. The Morgan fingerprint density at radius 2 is 2.21 bits per heavy atom. The van der Waals surface area contributed by atoms with E-state index in [-0.39, 0.29) is 5.88 Å². The van der Waals surface area contributed by atoms with E-state index in [4.69, 9.17) is 16.3 Å².